The lowest BCUT2D eigenvalue weighted by atomic mass is 9.74. The Morgan fingerprint density at radius 3 is 2.68 bits per heavy atom. The number of aromatic nitrogens is 1. The number of carbonyl (C=O) groups excluding carboxylic acids is 2. The SMILES string of the molecule is CCOC(=O)[C@@H]1C(=O)N2CCc3c([nH]c4ccccc34)[C@@H]2C[C@H]1c1ccc(OC)cc1. The summed E-state index contributed by atoms with van der Waals surface area (Å²) in [5, 5.41) is 1.22. The maximum absolute atomic E-state index is 13.6. The molecule has 0 unspecified atom stereocenters. The highest BCUT2D eigenvalue weighted by Crippen LogP contribution is 2.47. The van der Waals surface area contributed by atoms with Gasteiger partial charge >= 0.3 is 5.97 Å². The Bertz CT molecular complexity index is 1130. The summed E-state index contributed by atoms with van der Waals surface area (Å²) >= 11 is 0. The van der Waals surface area contributed by atoms with E-state index in [-0.39, 0.29) is 24.5 Å². The fraction of sp³-hybridized carbons (Fsp3) is 0.360. The molecular formula is C25H26N2O4. The minimum Gasteiger partial charge on any atom is -0.497 e. The van der Waals surface area contributed by atoms with E-state index in [9.17, 15) is 9.59 Å². The highest BCUT2D eigenvalue weighted by molar-refractivity contribution is 6.00. The van der Waals surface area contributed by atoms with Gasteiger partial charge in [0.05, 0.1) is 19.8 Å². The van der Waals surface area contributed by atoms with Crippen LogP contribution in [0.5, 0.6) is 5.75 Å². The first-order valence-corrected chi connectivity index (χ1v) is 10.8. The average Bonchev–Trinajstić information content (AvgIpc) is 3.18. The van der Waals surface area contributed by atoms with Gasteiger partial charge in [0.15, 0.2) is 0 Å². The van der Waals surface area contributed by atoms with Crippen molar-refractivity contribution >= 4 is 22.8 Å². The number of ether oxygens (including phenoxy) is 2. The zero-order valence-corrected chi connectivity index (χ0v) is 17.8. The molecule has 2 aromatic carbocycles. The number of piperidine rings is 1. The van der Waals surface area contributed by atoms with Crippen LogP contribution in [0.1, 0.15) is 42.1 Å². The average molecular weight is 418 g/mol. The van der Waals surface area contributed by atoms with Crippen LogP contribution in [-0.2, 0) is 20.7 Å². The second-order valence-electron chi connectivity index (χ2n) is 8.21. The van der Waals surface area contributed by atoms with Gasteiger partial charge in [-0.25, -0.2) is 0 Å². The van der Waals surface area contributed by atoms with Crippen molar-refractivity contribution in [1.29, 1.82) is 0 Å². The van der Waals surface area contributed by atoms with Crippen molar-refractivity contribution in [3.63, 3.8) is 0 Å². The number of benzene rings is 2. The normalized spacial score (nSPS) is 22.7. The second kappa shape index (κ2) is 7.76. The summed E-state index contributed by atoms with van der Waals surface area (Å²) in [6.07, 6.45) is 1.45. The van der Waals surface area contributed by atoms with Crippen LogP contribution < -0.4 is 4.74 Å². The van der Waals surface area contributed by atoms with Crippen molar-refractivity contribution in [3.05, 3.63) is 65.4 Å². The third-order valence-electron chi connectivity index (χ3n) is 6.67. The van der Waals surface area contributed by atoms with Gasteiger partial charge in [0, 0.05) is 29.1 Å². The van der Waals surface area contributed by atoms with Crippen LogP contribution in [0.25, 0.3) is 10.9 Å². The molecule has 31 heavy (non-hydrogen) atoms. The molecule has 3 atom stereocenters. The number of carbonyl (C=O) groups is 2. The number of hydrogen-bond acceptors (Lipinski definition) is 4. The molecule has 3 heterocycles. The zero-order chi connectivity index (χ0) is 21.5. The van der Waals surface area contributed by atoms with E-state index in [0.29, 0.717) is 13.0 Å². The van der Waals surface area contributed by atoms with E-state index in [1.807, 2.05) is 41.3 Å². The number of hydrogen-bond donors (Lipinski definition) is 1. The summed E-state index contributed by atoms with van der Waals surface area (Å²) < 4.78 is 10.6. The molecule has 0 aliphatic carbocycles. The number of nitrogens with one attached hydrogen (secondary N) is 1. The molecule has 1 fully saturated rings. The summed E-state index contributed by atoms with van der Waals surface area (Å²) in [6.45, 7) is 2.64. The van der Waals surface area contributed by atoms with Gasteiger partial charge in [0.25, 0.3) is 0 Å². The van der Waals surface area contributed by atoms with E-state index in [1.54, 1.807) is 14.0 Å². The van der Waals surface area contributed by atoms with Crippen molar-refractivity contribution in [2.24, 2.45) is 5.92 Å². The summed E-state index contributed by atoms with van der Waals surface area (Å²) in [4.78, 5) is 31.9. The largest absolute Gasteiger partial charge is 0.497 e. The smallest absolute Gasteiger partial charge is 0.319 e. The molecule has 3 aromatic rings. The second-order valence-corrected chi connectivity index (χ2v) is 8.21. The summed E-state index contributed by atoms with van der Waals surface area (Å²) in [5.41, 5.74) is 4.43. The molecule has 0 bridgehead atoms. The first-order valence-electron chi connectivity index (χ1n) is 10.8. The number of amides is 1. The quantitative estimate of drug-likeness (QED) is 0.514. The molecule has 2 aliphatic rings. The Morgan fingerprint density at radius 2 is 1.94 bits per heavy atom. The number of para-hydroxylation sites is 1. The Hall–Kier alpha value is -3.28. The third kappa shape index (κ3) is 3.17. The standard InChI is InChI=1S/C25H26N2O4/c1-3-31-25(29)22-19(15-8-10-16(30-2)11-9-15)14-21-23-18(12-13-27(21)24(22)28)17-6-4-5-7-20(17)26-23/h4-11,19,21-22,26H,3,12-14H2,1-2H3/t19-,21-,22-/m0/s1. The van der Waals surface area contributed by atoms with Crippen LogP contribution in [0.15, 0.2) is 48.5 Å². The molecule has 0 saturated carbocycles. The van der Waals surface area contributed by atoms with E-state index in [4.69, 9.17) is 9.47 Å². The molecule has 0 radical (unpaired) electrons. The van der Waals surface area contributed by atoms with Crippen LogP contribution in [0, 0.1) is 5.92 Å². The van der Waals surface area contributed by atoms with E-state index in [2.05, 4.69) is 17.1 Å². The number of rotatable bonds is 4. The van der Waals surface area contributed by atoms with Crippen molar-refractivity contribution in [1.82, 2.24) is 9.88 Å². The molecule has 6 heteroatoms. The Balaban J connectivity index is 1.58. The van der Waals surface area contributed by atoms with E-state index >= 15 is 0 Å². The van der Waals surface area contributed by atoms with Gasteiger partial charge in [-0.2, -0.15) is 0 Å². The zero-order valence-electron chi connectivity index (χ0n) is 17.8. The van der Waals surface area contributed by atoms with E-state index in [0.717, 1.165) is 28.9 Å². The minimum atomic E-state index is -0.824. The molecule has 1 aromatic heterocycles. The van der Waals surface area contributed by atoms with Crippen LogP contribution in [0.2, 0.25) is 0 Å². The molecule has 1 amide bonds. The minimum absolute atomic E-state index is 0.0820. The highest BCUT2D eigenvalue weighted by Gasteiger charge is 2.49. The van der Waals surface area contributed by atoms with Gasteiger partial charge < -0.3 is 19.4 Å². The topological polar surface area (TPSA) is 71.6 Å². The Kier molecular flexibility index (Phi) is 4.93. The fourth-order valence-electron chi connectivity index (χ4n) is 5.23. The maximum Gasteiger partial charge on any atom is 0.319 e. The summed E-state index contributed by atoms with van der Waals surface area (Å²) in [5.74, 6) is -0.906. The van der Waals surface area contributed by atoms with E-state index < -0.39 is 11.9 Å². The van der Waals surface area contributed by atoms with Crippen molar-refractivity contribution in [3.8, 4) is 5.75 Å². The molecule has 0 spiro atoms. The summed E-state index contributed by atoms with van der Waals surface area (Å²) in [6, 6.07) is 15.9. The molecule has 5 rings (SSSR count). The Morgan fingerprint density at radius 1 is 1.16 bits per heavy atom. The Labute approximate surface area is 181 Å². The van der Waals surface area contributed by atoms with Gasteiger partial charge in [-0.3, -0.25) is 9.59 Å². The van der Waals surface area contributed by atoms with Crippen LogP contribution >= 0.6 is 0 Å². The van der Waals surface area contributed by atoms with Crippen molar-refractivity contribution in [2.75, 3.05) is 20.3 Å². The van der Waals surface area contributed by atoms with Crippen LogP contribution in [0.3, 0.4) is 0 Å². The molecular weight excluding hydrogens is 392 g/mol. The molecule has 1 saturated heterocycles. The lowest BCUT2D eigenvalue weighted by Crippen LogP contribution is -2.52. The lowest BCUT2D eigenvalue weighted by molar-refractivity contribution is -0.161. The molecule has 160 valence electrons. The number of fused-ring (bicyclic) bond motifs is 5. The van der Waals surface area contributed by atoms with Gasteiger partial charge in [0.2, 0.25) is 5.91 Å². The number of H-pyrrole nitrogens is 1. The van der Waals surface area contributed by atoms with E-state index in [1.165, 1.54) is 10.9 Å². The van der Waals surface area contributed by atoms with Crippen LogP contribution in [0.4, 0.5) is 0 Å². The van der Waals surface area contributed by atoms with Gasteiger partial charge in [-0.15, -0.1) is 0 Å². The van der Waals surface area contributed by atoms with Crippen molar-refractivity contribution < 1.29 is 19.1 Å². The first kappa shape index (κ1) is 19.7. The number of esters is 1. The highest BCUT2D eigenvalue weighted by atomic mass is 16.5. The molecule has 6 nitrogen and oxygen atoms in total. The predicted octanol–water partition coefficient (Wildman–Crippen LogP) is 3.97. The maximum atomic E-state index is 13.6. The third-order valence-corrected chi connectivity index (χ3v) is 6.67. The number of methoxy groups -OCH3 is 1. The lowest BCUT2D eigenvalue weighted by Gasteiger charge is -2.45. The first-order chi connectivity index (χ1) is 15.1. The monoisotopic (exact) mass is 418 g/mol. The van der Waals surface area contributed by atoms with Gasteiger partial charge in [-0.1, -0.05) is 30.3 Å². The summed E-state index contributed by atoms with van der Waals surface area (Å²) in [7, 11) is 1.62. The van der Waals surface area contributed by atoms with Gasteiger partial charge in [0.1, 0.15) is 11.7 Å². The van der Waals surface area contributed by atoms with Crippen molar-refractivity contribution in [2.45, 2.75) is 31.7 Å². The predicted molar refractivity (Wildman–Crippen MR) is 117 cm³/mol. The molecule has 1 N–H and O–H groups in total. The number of nitrogens with zero attached hydrogens (tertiary/aromatic N) is 1. The van der Waals surface area contributed by atoms with Crippen LogP contribution in [-0.4, -0.2) is 42.0 Å². The molecule has 2 aliphatic heterocycles. The fourth-order valence-corrected chi connectivity index (χ4v) is 5.23. The van der Waals surface area contributed by atoms with Gasteiger partial charge in [-0.05, 0) is 49.1 Å². The number of aromatic amines is 1.